The number of aromatic nitrogens is 3. The van der Waals surface area contributed by atoms with Crippen LogP contribution < -0.4 is 0 Å². The van der Waals surface area contributed by atoms with Crippen molar-refractivity contribution in [3.05, 3.63) is 36.7 Å². The molecule has 0 fully saturated rings. The third kappa shape index (κ3) is 3.28. The molecule has 0 bridgehead atoms. The smallest absolute Gasteiger partial charge is 0.178 e. The molecule has 1 N–H and O–H groups in total. The Labute approximate surface area is 105 Å². The quantitative estimate of drug-likeness (QED) is 0.833. The first kappa shape index (κ1) is 12.0. The molecule has 0 radical (unpaired) electrons. The van der Waals surface area contributed by atoms with Gasteiger partial charge in [-0.2, -0.15) is 0 Å². The molecule has 0 aromatic carbocycles. The Morgan fingerprint density at radius 2 is 2.06 bits per heavy atom. The summed E-state index contributed by atoms with van der Waals surface area (Å²) >= 11 is 0. The molecule has 5 nitrogen and oxygen atoms in total. The number of pyridine rings is 1. The first-order valence-electron chi connectivity index (χ1n) is 5.57. The number of rotatable bonds is 4. The van der Waals surface area contributed by atoms with E-state index >= 15 is 0 Å². The average molecular weight is 239 g/mol. The van der Waals surface area contributed by atoms with Crippen molar-refractivity contribution in [3.63, 3.8) is 0 Å². The Morgan fingerprint density at radius 1 is 1.28 bits per heavy atom. The average Bonchev–Trinajstić information content (AvgIpc) is 2.40. The number of hydrogen-bond donors (Lipinski definition) is 1. The van der Waals surface area contributed by atoms with Crippen molar-refractivity contribution in [3.8, 4) is 11.5 Å². The van der Waals surface area contributed by atoms with Crippen LogP contribution in [0.3, 0.4) is 0 Å². The van der Waals surface area contributed by atoms with E-state index in [1.54, 1.807) is 31.6 Å². The molecule has 2 aromatic rings. The zero-order valence-corrected chi connectivity index (χ0v) is 10.0. The molecule has 0 saturated carbocycles. The van der Waals surface area contributed by atoms with Crippen LogP contribution in [0.5, 0.6) is 0 Å². The van der Waals surface area contributed by atoms with Crippen molar-refractivity contribution in [2.45, 2.75) is 13.3 Å². The molecular weight excluding hydrogens is 226 g/mol. The molecule has 0 amide bonds. The van der Waals surface area contributed by atoms with Gasteiger partial charge in [0, 0.05) is 30.7 Å². The van der Waals surface area contributed by atoms with Gasteiger partial charge in [-0.1, -0.05) is 6.07 Å². The lowest BCUT2D eigenvalue weighted by Crippen LogP contribution is -1.91. The maximum atomic E-state index is 7.31. The number of nitrogens with one attached hydrogen (secondary N) is 1. The van der Waals surface area contributed by atoms with E-state index in [1.165, 1.54) is 0 Å². The summed E-state index contributed by atoms with van der Waals surface area (Å²) in [5, 5.41) is 7.31. The lowest BCUT2D eigenvalue weighted by atomic mass is 10.3. The van der Waals surface area contributed by atoms with Crippen LogP contribution in [0.15, 0.2) is 41.7 Å². The topological polar surface area (TPSA) is 74.9 Å². The van der Waals surface area contributed by atoms with Gasteiger partial charge in [0.15, 0.2) is 11.6 Å². The first-order valence-corrected chi connectivity index (χ1v) is 5.57. The van der Waals surface area contributed by atoms with Gasteiger partial charge >= 0.3 is 0 Å². The molecule has 18 heavy (non-hydrogen) atoms. The molecule has 0 aliphatic carbocycles. The van der Waals surface area contributed by atoms with E-state index in [-0.39, 0.29) is 0 Å². The minimum Gasteiger partial charge on any atom is -0.310 e. The predicted octanol–water partition coefficient (Wildman–Crippen LogP) is 2.67. The number of hydrogen-bond acceptors (Lipinski definition) is 5. The van der Waals surface area contributed by atoms with Crippen LogP contribution in [0.25, 0.3) is 11.5 Å². The van der Waals surface area contributed by atoms with E-state index in [4.69, 9.17) is 5.41 Å². The monoisotopic (exact) mass is 239 g/mol. The molecule has 2 aromatic heterocycles. The molecular formula is C13H13N5. The van der Waals surface area contributed by atoms with Crippen LogP contribution >= 0.6 is 0 Å². The van der Waals surface area contributed by atoms with Crippen LogP contribution in [-0.2, 0) is 0 Å². The van der Waals surface area contributed by atoms with E-state index in [9.17, 15) is 0 Å². The summed E-state index contributed by atoms with van der Waals surface area (Å²) in [7, 11) is 0. The van der Waals surface area contributed by atoms with Gasteiger partial charge in [-0.05, 0) is 25.1 Å². The molecule has 0 unspecified atom stereocenters. The van der Waals surface area contributed by atoms with Crippen LogP contribution in [0.1, 0.15) is 13.3 Å². The molecule has 0 aliphatic heterocycles. The fourth-order valence-electron chi connectivity index (χ4n) is 1.33. The summed E-state index contributed by atoms with van der Waals surface area (Å²) in [5.74, 6) is 1.18. The minimum absolute atomic E-state index is 0.535. The highest BCUT2D eigenvalue weighted by Gasteiger charge is 2.01. The Kier molecular flexibility index (Phi) is 3.86. The third-order valence-electron chi connectivity index (χ3n) is 2.15. The predicted molar refractivity (Wildman–Crippen MR) is 71.4 cm³/mol. The van der Waals surface area contributed by atoms with Gasteiger partial charge in [-0.25, -0.2) is 19.9 Å². The fraction of sp³-hybridized carbons (Fsp3) is 0.154. The van der Waals surface area contributed by atoms with E-state index < -0.39 is 0 Å². The second-order valence-corrected chi connectivity index (χ2v) is 3.75. The normalized spacial score (nSPS) is 10.7. The summed E-state index contributed by atoms with van der Waals surface area (Å²) in [4.78, 5) is 16.8. The highest BCUT2D eigenvalue weighted by molar-refractivity contribution is 5.92. The number of aliphatic imine (C=N–C) groups is 1. The summed E-state index contributed by atoms with van der Waals surface area (Å²) in [6, 6.07) is 7.28. The lowest BCUT2D eigenvalue weighted by Gasteiger charge is -1.99. The fourth-order valence-corrected chi connectivity index (χ4v) is 1.33. The second kappa shape index (κ2) is 5.77. The SMILES string of the molecule is CC(=N)CC=Nc1cccc(-c2ncccn2)n1. The summed E-state index contributed by atoms with van der Waals surface area (Å²) in [6.45, 7) is 1.74. The van der Waals surface area contributed by atoms with Crippen molar-refractivity contribution in [1.82, 2.24) is 15.0 Å². The molecule has 0 atom stereocenters. The summed E-state index contributed by atoms with van der Waals surface area (Å²) in [6.07, 6.45) is 5.57. The minimum atomic E-state index is 0.535. The van der Waals surface area contributed by atoms with Gasteiger partial charge in [-0.15, -0.1) is 0 Å². The summed E-state index contributed by atoms with van der Waals surface area (Å²) in [5.41, 5.74) is 1.26. The Bertz CT molecular complexity index is 563. The van der Waals surface area contributed by atoms with E-state index in [1.807, 2.05) is 18.2 Å². The van der Waals surface area contributed by atoms with Crippen LogP contribution in [-0.4, -0.2) is 26.9 Å². The van der Waals surface area contributed by atoms with Crippen molar-refractivity contribution in [2.75, 3.05) is 0 Å². The standard InChI is InChI=1S/C13H13N5/c1-10(14)6-9-15-12-5-2-4-11(18-12)13-16-7-3-8-17-13/h2-5,7-9,14H,6H2,1H3. The second-order valence-electron chi connectivity index (χ2n) is 3.75. The molecule has 2 rings (SSSR count). The zero-order chi connectivity index (χ0) is 12.8. The van der Waals surface area contributed by atoms with Crippen molar-refractivity contribution < 1.29 is 0 Å². The van der Waals surface area contributed by atoms with Crippen molar-refractivity contribution in [1.29, 1.82) is 5.41 Å². The van der Waals surface area contributed by atoms with Crippen LogP contribution in [0.2, 0.25) is 0 Å². The van der Waals surface area contributed by atoms with E-state index in [0.29, 0.717) is 29.5 Å². The Morgan fingerprint density at radius 3 is 2.78 bits per heavy atom. The molecule has 0 spiro atoms. The van der Waals surface area contributed by atoms with Crippen LogP contribution in [0, 0.1) is 5.41 Å². The van der Waals surface area contributed by atoms with E-state index in [2.05, 4.69) is 19.9 Å². The highest BCUT2D eigenvalue weighted by Crippen LogP contribution is 2.15. The summed E-state index contributed by atoms with van der Waals surface area (Å²) < 4.78 is 0. The number of nitrogens with zero attached hydrogens (tertiary/aromatic N) is 4. The van der Waals surface area contributed by atoms with Gasteiger partial charge in [0.25, 0.3) is 0 Å². The van der Waals surface area contributed by atoms with Gasteiger partial charge in [0.05, 0.1) is 0 Å². The Balaban J connectivity index is 2.20. The lowest BCUT2D eigenvalue weighted by molar-refractivity contribution is 1.13. The van der Waals surface area contributed by atoms with Gasteiger partial charge in [-0.3, -0.25) is 0 Å². The molecule has 0 aliphatic rings. The largest absolute Gasteiger partial charge is 0.310 e. The zero-order valence-electron chi connectivity index (χ0n) is 10.0. The van der Waals surface area contributed by atoms with Crippen molar-refractivity contribution >= 4 is 17.7 Å². The molecule has 0 saturated heterocycles. The molecule has 2 heterocycles. The molecule has 90 valence electrons. The Hall–Kier alpha value is -2.43. The van der Waals surface area contributed by atoms with E-state index in [0.717, 1.165) is 0 Å². The third-order valence-corrected chi connectivity index (χ3v) is 2.15. The maximum absolute atomic E-state index is 7.31. The van der Waals surface area contributed by atoms with Gasteiger partial charge in [0.1, 0.15) is 5.69 Å². The molecule has 5 heteroatoms. The van der Waals surface area contributed by atoms with Gasteiger partial charge < -0.3 is 5.41 Å². The highest BCUT2D eigenvalue weighted by atomic mass is 14.9. The first-order chi connectivity index (χ1) is 8.75. The van der Waals surface area contributed by atoms with Gasteiger partial charge in [0.2, 0.25) is 0 Å². The maximum Gasteiger partial charge on any atom is 0.178 e. The van der Waals surface area contributed by atoms with Crippen molar-refractivity contribution in [2.24, 2.45) is 4.99 Å². The van der Waals surface area contributed by atoms with Crippen LogP contribution in [0.4, 0.5) is 5.82 Å².